The molecule has 0 rings (SSSR count). The molecule has 0 radical (unpaired) electrons. The monoisotopic (exact) mass is 251 g/mol. The molecule has 100 valence electrons. The van der Waals surface area contributed by atoms with Crippen LogP contribution < -0.4 is 0 Å². The van der Waals surface area contributed by atoms with E-state index >= 15 is 0 Å². The Morgan fingerprint density at radius 2 is 2.17 bits per heavy atom. The first kappa shape index (κ1) is 16.2. The van der Waals surface area contributed by atoms with Crippen LogP contribution in [0.4, 0.5) is 0 Å². The molecule has 4 nitrogen and oxygen atoms in total. The summed E-state index contributed by atoms with van der Waals surface area (Å²) in [5.74, 6) is 1.40. The molecule has 0 bridgehead atoms. The van der Waals surface area contributed by atoms with E-state index in [1.54, 1.807) is 6.08 Å². The number of amides is 1. The smallest absolute Gasteiger partial charge is 0.323 e. The van der Waals surface area contributed by atoms with Crippen molar-refractivity contribution >= 4 is 11.9 Å². The molecule has 0 heterocycles. The Hall–Kier alpha value is -1.76. The molecule has 0 aliphatic heterocycles. The van der Waals surface area contributed by atoms with Gasteiger partial charge in [-0.05, 0) is 12.3 Å². The summed E-state index contributed by atoms with van der Waals surface area (Å²) in [4.78, 5) is 24.1. The van der Waals surface area contributed by atoms with Gasteiger partial charge in [-0.15, -0.1) is 13.0 Å². The molecule has 0 unspecified atom stereocenters. The highest BCUT2D eigenvalue weighted by molar-refractivity contribution is 5.82. The van der Waals surface area contributed by atoms with E-state index in [1.165, 1.54) is 4.90 Å². The number of rotatable bonds is 8. The molecule has 0 aromatic rings. The van der Waals surface area contributed by atoms with E-state index in [0.29, 0.717) is 12.8 Å². The van der Waals surface area contributed by atoms with Crippen LogP contribution in [-0.2, 0) is 9.59 Å². The number of carboxylic acids is 1. The summed E-state index contributed by atoms with van der Waals surface area (Å²) in [7, 11) is 0. The maximum absolute atomic E-state index is 12.1. The minimum Gasteiger partial charge on any atom is -0.480 e. The van der Waals surface area contributed by atoms with E-state index in [1.807, 2.05) is 13.8 Å². The highest BCUT2D eigenvalue weighted by atomic mass is 16.4. The van der Waals surface area contributed by atoms with E-state index in [9.17, 15) is 9.59 Å². The predicted octanol–water partition coefficient (Wildman–Crippen LogP) is 1.91. The lowest BCUT2D eigenvalue weighted by molar-refractivity contribution is -0.145. The third-order valence-corrected chi connectivity index (χ3v) is 2.80. The lowest BCUT2D eigenvalue weighted by atomic mass is 10.0. The fourth-order valence-corrected chi connectivity index (χ4v) is 1.52. The Morgan fingerprint density at radius 3 is 2.56 bits per heavy atom. The molecule has 18 heavy (non-hydrogen) atoms. The average Bonchev–Trinajstić information content (AvgIpc) is 2.32. The number of carbonyl (C=O) groups excluding carboxylic acids is 1. The molecule has 0 aliphatic carbocycles. The van der Waals surface area contributed by atoms with E-state index < -0.39 is 12.0 Å². The number of carboxylic acid groups (broad SMARTS) is 1. The summed E-state index contributed by atoms with van der Waals surface area (Å²) in [6, 6.07) is -0.532. The van der Waals surface area contributed by atoms with Gasteiger partial charge in [0.25, 0.3) is 0 Å². The number of hydrogen-bond donors (Lipinski definition) is 1. The third-order valence-electron chi connectivity index (χ3n) is 2.80. The first-order valence-electron chi connectivity index (χ1n) is 6.04. The maximum atomic E-state index is 12.1. The van der Waals surface area contributed by atoms with E-state index in [2.05, 4.69) is 12.5 Å². The van der Waals surface area contributed by atoms with Crippen LogP contribution in [0.3, 0.4) is 0 Å². The molecular weight excluding hydrogens is 230 g/mol. The zero-order valence-corrected chi connectivity index (χ0v) is 11.1. The second kappa shape index (κ2) is 8.35. The van der Waals surface area contributed by atoms with Gasteiger partial charge in [0, 0.05) is 6.42 Å². The van der Waals surface area contributed by atoms with Crippen LogP contribution in [0.1, 0.15) is 33.1 Å². The first-order chi connectivity index (χ1) is 8.46. The predicted molar refractivity (Wildman–Crippen MR) is 70.9 cm³/mol. The van der Waals surface area contributed by atoms with Crippen molar-refractivity contribution in [1.29, 1.82) is 0 Å². The standard InChI is InChI=1S/C14H21NO3/c1-5-8-12(7-3)15(10-14(17)18)13(16)9-11(4)6-2/h3,5,11-12H,1,6,8-10H2,2,4H3,(H,17,18)/t11-,12-/m0/s1. The van der Waals surface area contributed by atoms with Gasteiger partial charge < -0.3 is 10.0 Å². The van der Waals surface area contributed by atoms with E-state index in [-0.39, 0.29) is 18.4 Å². The van der Waals surface area contributed by atoms with Crippen molar-refractivity contribution in [1.82, 2.24) is 4.90 Å². The summed E-state index contributed by atoms with van der Waals surface area (Å²) in [5.41, 5.74) is 0. The zero-order chi connectivity index (χ0) is 14.1. The van der Waals surface area contributed by atoms with Crippen molar-refractivity contribution in [3.63, 3.8) is 0 Å². The minimum atomic E-state index is -1.06. The second-order valence-electron chi connectivity index (χ2n) is 4.34. The first-order valence-corrected chi connectivity index (χ1v) is 6.04. The number of nitrogens with zero attached hydrogens (tertiary/aromatic N) is 1. The van der Waals surface area contributed by atoms with Crippen molar-refractivity contribution < 1.29 is 14.7 Å². The minimum absolute atomic E-state index is 0.212. The lowest BCUT2D eigenvalue weighted by Gasteiger charge is -2.27. The average molecular weight is 251 g/mol. The van der Waals surface area contributed by atoms with E-state index in [0.717, 1.165) is 6.42 Å². The van der Waals surface area contributed by atoms with Crippen molar-refractivity contribution in [3.05, 3.63) is 12.7 Å². The second-order valence-corrected chi connectivity index (χ2v) is 4.34. The molecule has 0 aromatic heterocycles. The topological polar surface area (TPSA) is 57.6 Å². The van der Waals surface area contributed by atoms with Gasteiger partial charge in [0.1, 0.15) is 6.54 Å². The SMILES string of the molecule is C#C[C@@H](CC=C)N(CC(=O)O)C(=O)C[C@@H](C)CC. The summed E-state index contributed by atoms with van der Waals surface area (Å²) in [6.07, 6.45) is 8.53. The Kier molecular flexibility index (Phi) is 7.53. The Morgan fingerprint density at radius 1 is 1.56 bits per heavy atom. The maximum Gasteiger partial charge on any atom is 0.323 e. The summed E-state index contributed by atoms with van der Waals surface area (Å²) in [5, 5.41) is 8.85. The molecule has 0 aromatic carbocycles. The molecule has 0 saturated carbocycles. The van der Waals surface area contributed by atoms with Gasteiger partial charge in [-0.25, -0.2) is 0 Å². The number of terminal acetylenes is 1. The fraction of sp³-hybridized carbons (Fsp3) is 0.571. The molecule has 1 amide bonds. The van der Waals surface area contributed by atoms with Crippen molar-refractivity contribution in [3.8, 4) is 12.3 Å². The molecule has 1 N–H and O–H groups in total. The number of carbonyl (C=O) groups is 2. The van der Waals surface area contributed by atoms with Crippen LogP contribution in [0.5, 0.6) is 0 Å². The van der Waals surface area contributed by atoms with Gasteiger partial charge in [-0.1, -0.05) is 32.3 Å². The molecule has 0 saturated heterocycles. The van der Waals surface area contributed by atoms with Crippen LogP contribution in [0.25, 0.3) is 0 Å². The Labute approximate surface area is 109 Å². The van der Waals surface area contributed by atoms with Gasteiger partial charge in [-0.3, -0.25) is 9.59 Å². The lowest BCUT2D eigenvalue weighted by Crippen LogP contribution is -2.43. The molecule has 0 aliphatic rings. The Bertz CT molecular complexity index is 343. The summed E-state index contributed by atoms with van der Waals surface area (Å²) in [6.45, 7) is 7.14. The molecule has 2 atom stereocenters. The summed E-state index contributed by atoms with van der Waals surface area (Å²) < 4.78 is 0. The largest absolute Gasteiger partial charge is 0.480 e. The highest BCUT2D eigenvalue weighted by Crippen LogP contribution is 2.13. The van der Waals surface area contributed by atoms with E-state index in [4.69, 9.17) is 11.5 Å². The van der Waals surface area contributed by atoms with Crippen LogP contribution in [-0.4, -0.2) is 34.5 Å². The van der Waals surface area contributed by atoms with Gasteiger partial charge in [-0.2, -0.15) is 0 Å². The van der Waals surface area contributed by atoms with Crippen molar-refractivity contribution in [2.75, 3.05) is 6.54 Å². The van der Waals surface area contributed by atoms with Gasteiger partial charge in [0.15, 0.2) is 0 Å². The fourth-order valence-electron chi connectivity index (χ4n) is 1.52. The van der Waals surface area contributed by atoms with Crippen molar-refractivity contribution in [2.24, 2.45) is 5.92 Å². The zero-order valence-electron chi connectivity index (χ0n) is 11.1. The van der Waals surface area contributed by atoms with Crippen LogP contribution >= 0.6 is 0 Å². The van der Waals surface area contributed by atoms with Crippen molar-refractivity contribution in [2.45, 2.75) is 39.2 Å². The molecule has 0 spiro atoms. The third kappa shape index (κ3) is 5.53. The molecule has 0 fully saturated rings. The van der Waals surface area contributed by atoms with Gasteiger partial charge in [0.2, 0.25) is 5.91 Å². The molecule has 4 heteroatoms. The Balaban J connectivity index is 4.85. The van der Waals surface area contributed by atoms with Crippen LogP contribution in [0.15, 0.2) is 12.7 Å². The van der Waals surface area contributed by atoms with Crippen LogP contribution in [0.2, 0.25) is 0 Å². The van der Waals surface area contributed by atoms with Crippen LogP contribution in [0, 0.1) is 18.3 Å². The normalized spacial score (nSPS) is 13.2. The van der Waals surface area contributed by atoms with Gasteiger partial charge in [0.05, 0.1) is 6.04 Å². The number of aliphatic carboxylic acids is 1. The number of hydrogen-bond acceptors (Lipinski definition) is 2. The van der Waals surface area contributed by atoms with Gasteiger partial charge >= 0.3 is 5.97 Å². The molecular formula is C14H21NO3. The quantitative estimate of drug-likeness (QED) is 0.529. The highest BCUT2D eigenvalue weighted by Gasteiger charge is 2.24. The summed E-state index contributed by atoms with van der Waals surface area (Å²) >= 11 is 0.